The summed E-state index contributed by atoms with van der Waals surface area (Å²) in [6.07, 6.45) is 11.3. The van der Waals surface area contributed by atoms with Gasteiger partial charge in [0.05, 0.1) is 33.9 Å². The Morgan fingerprint density at radius 1 is 0.745 bits per heavy atom. The van der Waals surface area contributed by atoms with Gasteiger partial charge in [-0.15, -0.1) is 0 Å². The molecule has 0 aromatic heterocycles. The molecule has 0 N–H and O–H groups in total. The lowest BCUT2D eigenvalue weighted by molar-refractivity contribution is -0.365. The van der Waals surface area contributed by atoms with Gasteiger partial charge in [-0.3, -0.25) is 0 Å². The third kappa shape index (κ3) is 6.75. The number of esters is 5. The molecule has 2 aliphatic heterocycles. The summed E-state index contributed by atoms with van der Waals surface area (Å²) in [4.78, 5) is 74.4. The van der Waals surface area contributed by atoms with Crippen LogP contribution in [-0.2, 0) is 30.6 Å². The molecule has 10 nitrogen and oxygen atoms in total. The average Bonchev–Trinajstić information content (AvgIpc) is 3.76. The van der Waals surface area contributed by atoms with Gasteiger partial charge in [0.25, 0.3) is 0 Å². The summed E-state index contributed by atoms with van der Waals surface area (Å²) in [6, 6.07) is 9.31. The zero-order valence-corrected chi connectivity index (χ0v) is 32.7. The number of fused-ring (bicyclic) bond motifs is 7. The topological polar surface area (TPSA) is 132 Å². The molecule has 2 heterocycles. The molecule has 6 aliphatic rings. The number of rotatable bonds is 11. The second-order valence-electron chi connectivity index (χ2n) is 18.4. The summed E-state index contributed by atoms with van der Waals surface area (Å²) in [5, 5.41) is 0. The van der Waals surface area contributed by atoms with Crippen LogP contribution in [-0.4, -0.2) is 42.1 Å². The first-order valence-electron chi connectivity index (χ1n) is 20.6. The highest BCUT2D eigenvalue weighted by molar-refractivity contribution is 6.16. The molecular formula is C45H54O10. The SMILES string of the molecule is CC(C)CCCC(C)C1CCC2C3CC(OOCc4ccc5c(c4)C(=O)OC5=O)C4CC(OC(=O)c5ccc6c(c5)C(=O)OC6=O)CCC4(C)C3CCC12C. The number of hydrogen-bond acceptors (Lipinski definition) is 10. The second-order valence-corrected chi connectivity index (χ2v) is 18.4. The van der Waals surface area contributed by atoms with Crippen molar-refractivity contribution < 1.29 is 48.0 Å². The Morgan fingerprint density at radius 3 is 2.13 bits per heavy atom. The van der Waals surface area contributed by atoms with Crippen molar-refractivity contribution in [1.29, 1.82) is 0 Å². The van der Waals surface area contributed by atoms with E-state index in [1.54, 1.807) is 18.2 Å². The van der Waals surface area contributed by atoms with Crippen molar-refractivity contribution in [1.82, 2.24) is 0 Å². The Bertz CT molecular complexity index is 1900. The average molecular weight is 755 g/mol. The minimum atomic E-state index is -0.758. The first-order chi connectivity index (χ1) is 26.3. The maximum atomic E-state index is 13.5. The Kier molecular flexibility index (Phi) is 10.1. The molecule has 0 bridgehead atoms. The summed E-state index contributed by atoms with van der Waals surface area (Å²) < 4.78 is 15.6. The van der Waals surface area contributed by atoms with Crippen LogP contribution in [0.1, 0.15) is 163 Å². The fraction of sp³-hybridized carbons (Fsp3) is 0.622. The van der Waals surface area contributed by atoms with Crippen molar-refractivity contribution >= 4 is 29.8 Å². The zero-order valence-electron chi connectivity index (χ0n) is 32.7. The predicted molar refractivity (Wildman–Crippen MR) is 200 cm³/mol. The summed E-state index contributed by atoms with van der Waals surface area (Å²) in [5.74, 6) is 0.566. The summed E-state index contributed by atoms with van der Waals surface area (Å²) in [5.41, 5.74) is 1.88. The van der Waals surface area contributed by atoms with Crippen LogP contribution >= 0.6 is 0 Å². The zero-order chi connectivity index (χ0) is 38.8. The molecule has 2 aromatic rings. The maximum Gasteiger partial charge on any atom is 0.346 e. The van der Waals surface area contributed by atoms with Crippen LogP contribution < -0.4 is 0 Å². The van der Waals surface area contributed by atoms with Crippen LogP contribution in [0.2, 0.25) is 0 Å². The molecule has 2 aromatic carbocycles. The quantitative estimate of drug-likeness (QED) is 0.0720. The van der Waals surface area contributed by atoms with E-state index >= 15 is 0 Å². The minimum absolute atomic E-state index is 0.0441. The van der Waals surface area contributed by atoms with Crippen LogP contribution in [0.5, 0.6) is 0 Å². The van der Waals surface area contributed by atoms with Crippen LogP contribution in [0.3, 0.4) is 0 Å². The molecule has 10 atom stereocenters. The van der Waals surface area contributed by atoms with E-state index in [0.717, 1.165) is 31.1 Å². The van der Waals surface area contributed by atoms with E-state index in [-0.39, 0.29) is 58.0 Å². The first kappa shape index (κ1) is 38.0. The third-order valence-corrected chi connectivity index (χ3v) is 15.1. The molecule has 0 radical (unpaired) electrons. The highest BCUT2D eigenvalue weighted by Gasteiger charge is 2.63. The van der Waals surface area contributed by atoms with Gasteiger partial charge in [0.15, 0.2) is 0 Å². The first-order valence-corrected chi connectivity index (χ1v) is 20.6. The van der Waals surface area contributed by atoms with Gasteiger partial charge in [-0.05, 0) is 140 Å². The van der Waals surface area contributed by atoms with Crippen molar-refractivity contribution in [2.75, 3.05) is 0 Å². The highest BCUT2D eigenvalue weighted by atomic mass is 17.2. The number of hydrogen-bond donors (Lipinski definition) is 0. The molecule has 4 fully saturated rings. The van der Waals surface area contributed by atoms with Gasteiger partial charge in [0, 0.05) is 0 Å². The third-order valence-electron chi connectivity index (χ3n) is 15.1. The Balaban J connectivity index is 1.01. The largest absolute Gasteiger partial charge is 0.459 e. The van der Waals surface area contributed by atoms with Gasteiger partial charge in [-0.1, -0.05) is 59.9 Å². The van der Waals surface area contributed by atoms with Crippen molar-refractivity contribution in [2.45, 2.75) is 124 Å². The molecular weight excluding hydrogens is 700 g/mol. The van der Waals surface area contributed by atoms with E-state index in [1.807, 2.05) is 0 Å². The second kappa shape index (κ2) is 14.6. The minimum Gasteiger partial charge on any atom is -0.459 e. The fourth-order valence-electron chi connectivity index (χ4n) is 12.3. The predicted octanol–water partition coefficient (Wildman–Crippen LogP) is 9.08. The van der Waals surface area contributed by atoms with Gasteiger partial charge in [0.2, 0.25) is 0 Å². The van der Waals surface area contributed by atoms with Crippen LogP contribution in [0.15, 0.2) is 36.4 Å². The van der Waals surface area contributed by atoms with Gasteiger partial charge in [-0.2, -0.15) is 0 Å². The Hall–Kier alpha value is -3.89. The highest BCUT2D eigenvalue weighted by Crippen LogP contribution is 2.69. The van der Waals surface area contributed by atoms with Crippen LogP contribution in [0.25, 0.3) is 0 Å². The fourth-order valence-corrected chi connectivity index (χ4v) is 12.3. The molecule has 4 saturated carbocycles. The van der Waals surface area contributed by atoms with Crippen molar-refractivity contribution in [3.05, 3.63) is 69.8 Å². The van der Waals surface area contributed by atoms with E-state index in [9.17, 15) is 24.0 Å². The summed E-state index contributed by atoms with van der Waals surface area (Å²) in [6.45, 7) is 12.2. The van der Waals surface area contributed by atoms with Gasteiger partial charge >= 0.3 is 29.8 Å². The maximum absolute atomic E-state index is 13.5. The molecule has 8 rings (SSSR count). The van der Waals surface area contributed by atoms with E-state index < -0.39 is 29.8 Å². The van der Waals surface area contributed by atoms with Crippen molar-refractivity contribution in [3.8, 4) is 0 Å². The molecule has 0 spiro atoms. The Labute approximate surface area is 323 Å². The summed E-state index contributed by atoms with van der Waals surface area (Å²) >= 11 is 0. The van der Waals surface area contributed by atoms with Crippen molar-refractivity contribution in [3.63, 3.8) is 0 Å². The standard InChI is InChI=1S/C45H54O10/c1-24(2)7-6-8-25(3)34-13-14-35-33-22-38(55-51-23-26-9-11-29-31(19-26)42(49)53-40(29)47)37-21-28(15-17-45(37,5)36(33)16-18-44(34,35)4)52-39(46)27-10-12-30-32(20-27)43(50)54-41(30)48/h9-12,19-20,24-25,28,33-38H,6-8,13-18,21-23H2,1-5H3. The Morgan fingerprint density at radius 2 is 1.40 bits per heavy atom. The van der Waals surface area contributed by atoms with E-state index in [4.69, 9.17) is 24.0 Å². The molecule has 294 valence electrons. The van der Waals surface area contributed by atoms with E-state index in [1.165, 1.54) is 63.1 Å². The van der Waals surface area contributed by atoms with Gasteiger partial charge in [-0.25, -0.2) is 33.7 Å². The monoisotopic (exact) mass is 754 g/mol. The lowest BCUT2D eigenvalue weighted by Gasteiger charge is -2.62. The molecule has 0 saturated heterocycles. The van der Waals surface area contributed by atoms with Gasteiger partial charge < -0.3 is 14.2 Å². The van der Waals surface area contributed by atoms with E-state index in [2.05, 4.69) is 34.6 Å². The van der Waals surface area contributed by atoms with E-state index in [0.29, 0.717) is 41.1 Å². The number of ether oxygens (including phenoxy) is 3. The molecule has 10 unspecified atom stereocenters. The normalized spacial score (nSPS) is 34.0. The number of cyclic esters (lactones) is 4. The summed E-state index contributed by atoms with van der Waals surface area (Å²) in [7, 11) is 0. The smallest absolute Gasteiger partial charge is 0.346 e. The molecule has 4 aliphatic carbocycles. The number of carbonyl (C=O) groups is 5. The van der Waals surface area contributed by atoms with Crippen LogP contribution in [0.4, 0.5) is 0 Å². The van der Waals surface area contributed by atoms with Crippen LogP contribution in [0, 0.1) is 52.3 Å². The van der Waals surface area contributed by atoms with Gasteiger partial charge in [0.1, 0.15) is 12.7 Å². The number of carbonyl (C=O) groups excluding carboxylic acids is 5. The molecule has 10 heteroatoms. The molecule has 0 amide bonds. The van der Waals surface area contributed by atoms with Crippen molar-refractivity contribution in [2.24, 2.45) is 52.3 Å². The lowest BCUT2D eigenvalue weighted by atomic mass is 9.43. The lowest BCUT2D eigenvalue weighted by Crippen LogP contribution is -2.59. The number of benzene rings is 2. The molecule has 55 heavy (non-hydrogen) atoms.